The van der Waals surface area contributed by atoms with Gasteiger partial charge >= 0.3 is 0 Å². The number of anilines is 3. The first-order chi connectivity index (χ1) is 18.1. The van der Waals surface area contributed by atoms with Gasteiger partial charge in [-0.2, -0.15) is 0 Å². The molecular weight excluding hydrogens is 454 g/mol. The Labute approximate surface area is 215 Å². The van der Waals surface area contributed by atoms with Crippen molar-refractivity contribution in [1.82, 2.24) is 0 Å². The maximum atomic E-state index is 13.8. The van der Waals surface area contributed by atoms with Crippen LogP contribution in [0.25, 0.3) is 0 Å². The van der Waals surface area contributed by atoms with Crippen LogP contribution in [0.3, 0.4) is 0 Å². The molecule has 3 aliphatic rings. The average molecular weight is 478 g/mol. The Morgan fingerprint density at radius 3 is 2.00 bits per heavy atom. The molecule has 2 aliphatic heterocycles. The van der Waals surface area contributed by atoms with Gasteiger partial charge in [-0.15, -0.1) is 0 Å². The molecule has 5 aromatic carbocycles. The zero-order chi connectivity index (χ0) is 24.9. The van der Waals surface area contributed by atoms with Crippen LogP contribution in [-0.4, -0.2) is 5.78 Å². The van der Waals surface area contributed by atoms with Crippen molar-refractivity contribution in [3.8, 4) is 11.5 Å². The Kier molecular flexibility index (Phi) is 3.88. The topological polar surface area (TPSA) is 29.5 Å². The fourth-order valence-corrected chi connectivity index (χ4v) is 6.81. The number of hydrogen-bond acceptors (Lipinski definition) is 3. The van der Waals surface area contributed by atoms with Crippen molar-refractivity contribution in [2.24, 2.45) is 0 Å². The molecule has 0 N–H and O–H groups in total. The Morgan fingerprint density at radius 1 is 0.649 bits per heavy atom. The van der Waals surface area contributed by atoms with Crippen molar-refractivity contribution in [3.63, 3.8) is 0 Å². The van der Waals surface area contributed by atoms with E-state index in [4.69, 9.17) is 4.74 Å². The lowest BCUT2D eigenvalue weighted by Crippen LogP contribution is -2.43. The average Bonchev–Trinajstić information content (AvgIpc) is 2.94. The predicted molar refractivity (Wildman–Crippen MR) is 146 cm³/mol. The summed E-state index contributed by atoms with van der Waals surface area (Å²) in [5, 5.41) is 0. The van der Waals surface area contributed by atoms with Gasteiger partial charge in [0.1, 0.15) is 0 Å². The second-order valence-electron chi connectivity index (χ2n) is 10.2. The predicted octanol–water partition coefficient (Wildman–Crippen LogP) is 8.12. The van der Waals surface area contributed by atoms with Crippen LogP contribution in [0, 0.1) is 13.8 Å². The zero-order valence-electron chi connectivity index (χ0n) is 20.6. The number of ketones is 1. The SMILES string of the molecule is Cc1ccc2c(c1)N1c3ccccc3C3(c4ccccc4C(=O)c4ccccc43)c3c(C)ccc(c31)O2. The van der Waals surface area contributed by atoms with Gasteiger partial charge in [0, 0.05) is 16.7 Å². The minimum Gasteiger partial charge on any atom is -0.453 e. The number of benzene rings is 5. The van der Waals surface area contributed by atoms with Crippen molar-refractivity contribution in [3.05, 3.63) is 148 Å². The first kappa shape index (κ1) is 20.6. The van der Waals surface area contributed by atoms with Crippen molar-refractivity contribution in [2.75, 3.05) is 4.90 Å². The van der Waals surface area contributed by atoms with Crippen LogP contribution in [0.5, 0.6) is 11.5 Å². The second-order valence-corrected chi connectivity index (χ2v) is 10.2. The third-order valence-electron chi connectivity index (χ3n) is 8.22. The van der Waals surface area contributed by atoms with Gasteiger partial charge in [0.2, 0.25) is 0 Å². The highest BCUT2D eigenvalue weighted by Crippen LogP contribution is 2.65. The third-order valence-corrected chi connectivity index (χ3v) is 8.22. The second kappa shape index (κ2) is 6.98. The summed E-state index contributed by atoms with van der Waals surface area (Å²) in [4.78, 5) is 16.2. The molecule has 1 aliphatic carbocycles. The number of carbonyl (C=O) groups excluding carboxylic acids is 1. The van der Waals surface area contributed by atoms with Crippen LogP contribution in [-0.2, 0) is 5.41 Å². The molecule has 37 heavy (non-hydrogen) atoms. The Balaban J connectivity index is 1.62. The maximum Gasteiger partial charge on any atom is 0.193 e. The monoisotopic (exact) mass is 477 g/mol. The zero-order valence-corrected chi connectivity index (χ0v) is 20.6. The van der Waals surface area contributed by atoms with E-state index in [1.165, 1.54) is 16.7 Å². The highest BCUT2D eigenvalue weighted by atomic mass is 16.5. The molecular formula is C34H23NO2. The van der Waals surface area contributed by atoms with E-state index in [1.54, 1.807) is 0 Å². The van der Waals surface area contributed by atoms with Crippen LogP contribution in [0.4, 0.5) is 17.1 Å². The van der Waals surface area contributed by atoms with E-state index < -0.39 is 5.41 Å². The summed E-state index contributed by atoms with van der Waals surface area (Å²) >= 11 is 0. The number of hydrogen-bond donors (Lipinski definition) is 0. The van der Waals surface area contributed by atoms with Crippen LogP contribution in [0.2, 0.25) is 0 Å². The number of rotatable bonds is 0. The largest absolute Gasteiger partial charge is 0.453 e. The Morgan fingerprint density at radius 2 is 1.27 bits per heavy atom. The molecule has 2 heterocycles. The van der Waals surface area contributed by atoms with E-state index in [1.807, 2.05) is 24.3 Å². The van der Waals surface area contributed by atoms with Gasteiger partial charge in [-0.05, 0) is 65.9 Å². The summed E-state index contributed by atoms with van der Waals surface area (Å²) in [5.74, 6) is 1.76. The van der Waals surface area contributed by atoms with E-state index in [0.29, 0.717) is 0 Å². The molecule has 8 rings (SSSR count). The van der Waals surface area contributed by atoms with E-state index in [0.717, 1.165) is 56.4 Å². The number of nitrogens with zero attached hydrogens (tertiary/aromatic N) is 1. The first-order valence-corrected chi connectivity index (χ1v) is 12.7. The van der Waals surface area contributed by atoms with Gasteiger partial charge in [-0.1, -0.05) is 78.9 Å². The molecule has 0 atom stereocenters. The summed E-state index contributed by atoms with van der Waals surface area (Å²) in [5.41, 5.74) is 10.8. The van der Waals surface area contributed by atoms with Gasteiger partial charge in [0.05, 0.1) is 22.5 Å². The molecule has 0 saturated heterocycles. The summed E-state index contributed by atoms with van der Waals surface area (Å²) in [6, 6.07) is 35.5. The van der Waals surface area contributed by atoms with Crippen LogP contribution in [0.1, 0.15) is 49.3 Å². The molecule has 0 saturated carbocycles. The minimum atomic E-state index is -0.658. The van der Waals surface area contributed by atoms with Gasteiger partial charge in [0.15, 0.2) is 17.3 Å². The van der Waals surface area contributed by atoms with Crippen molar-refractivity contribution < 1.29 is 9.53 Å². The molecule has 0 unspecified atom stereocenters. The summed E-state index contributed by atoms with van der Waals surface area (Å²) in [7, 11) is 0. The normalized spacial score (nSPS) is 15.2. The molecule has 176 valence electrons. The smallest absolute Gasteiger partial charge is 0.193 e. The number of fused-ring (bicyclic) bond motifs is 10. The maximum absolute atomic E-state index is 13.8. The first-order valence-electron chi connectivity index (χ1n) is 12.7. The van der Waals surface area contributed by atoms with Crippen molar-refractivity contribution >= 4 is 22.8 Å². The standard InChI is InChI=1S/C34H23NO2/c1-20-15-17-29-28(19-20)35-27-14-8-7-13-26(27)34(31-21(2)16-18-30(37-29)32(31)35)24-11-5-3-9-22(24)33(36)23-10-4-6-12-25(23)34/h3-19H,1-2H3. The third kappa shape index (κ3) is 2.39. The number of para-hydroxylation sites is 1. The van der Waals surface area contributed by atoms with E-state index in [-0.39, 0.29) is 5.78 Å². The van der Waals surface area contributed by atoms with Crippen molar-refractivity contribution in [1.29, 1.82) is 0 Å². The van der Waals surface area contributed by atoms with Gasteiger partial charge in [-0.25, -0.2) is 0 Å². The van der Waals surface area contributed by atoms with E-state index >= 15 is 0 Å². The molecule has 3 nitrogen and oxygen atoms in total. The fraction of sp³-hybridized carbons (Fsp3) is 0.0882. The van der Waals surface area contributed by atoms with Gasteiger partial charge in [-0.3, -0.25) is 4.79 Å². The highest BCUT2D eigenvalue weighted by molar-refractivity contribution is 6.15. The quantitative estimate of drug-likeness (QED) is 0.221. The molecule has 5 aromatic rings. The number of aryl methyl sites for hydroxylation is 2. The Hall–Kier alpha value is -4.63. The fourth-order valence-electron chi connectivity index (χ4n) is 6.81. The van der Waals surface area contributed by atoms with E-state index in [9.17, 15) is 4.79 Å². The summed E-state index contributed by atoms with van der Waals surface area (Å²) in [6.45, 7) is 4.29. The molecule has 0 bridgehead atoms. The highest BCUT2D eigenvalue weighted by Gasteiger charge is 2.53. The van der Waals surface area contributed by atoms with Gasteiger partial charge < -0.3 is 9.64 Å². The van der Waals surface area contributed by atoms with Crippen molar-refractivity contribution in [2.45, 2.75) is 19.3 Å². The van der Waals surface area contributed by atoms with Crippen LogP contribution >= 0.6 is 0 Å². The van der Waals surface area contributed by atoms with Gasteiger partial charge in [0.25, 0.3) is 0 Å². The minimum absolute atomic E-state index is 0.0800. The lowest BCUT2D eigenvalue weighted by atomic mass is 9.56. The lowest BCUT2D eigenvalue weighted by molar-refractivity contribution is 0.103. The van der Waals surface area contributed by atoms with Crippen LogP contribution < -0.4 is 9.64 Å². The molecule has 0 aromatic heterocycles. The molecule has 0 fully saturated rings. The lowest BCUT2D eigenvalue weighted by Gasteiger charge is -2.50. The summed E-state index contributed by atoms with van der Waals surface area (Å²) in [6.07, 6.45) is 0. The molecule has 0 radical (unpaired) electrons. The molecule has 0 amide bonds. The summed E-state index contributed by atoms with van der Waals surface area (Å²) < 4.78 is 6.57. The van der Waals surface area contributed by atoms with E-state index in [2.05, 4.69) is 97.6 Å². The Bertz CT molecular complexity index is 1770. The molecule has 3 heteroatoms. The number of carbonyl (C=O) groups is 1. The molecule has 1 spiro atoms. The number of ether oxygens (including phenoxy) is 1. The van der Waals surface area contributed by atoms with Crippen LogP contribution in [0.15, 0.2) is 103 Å².